The molecule has 96 valence electrons. The second-order valence-electron chi connectivity index (χ2n) is 3.96. The Labute approximate surface area is 106 Å². The molecule has 0 aliphatic rings. The van der Waals surface area contributed by atoms with Gasteiger partial charge in [0, 0.05) is 6.04 Å². The number of nitrogens with zero attached hydrogens (tertiary/aromatic N) is 2. The quantitative estimate of drug-likeness (QED) is 0.848. The molecule has 0 saturated carbocycles. The highest BCUT2D eigenvalue weighted by Gasteiger charge is 2.10. The van der Waals surface area contributed by atoms with Gasteiger partial charge in [0.25, 0.3) is 0 Å². The molecule has 1 N–H and O–H groups in total. The molecular weight excluding hydrogens is 230 g/mol. The summed E-state index contributed by atoms with van der Waals surface area (Å²) in [5.41, 5.74) is 1.22. The molecule has 0 fully saturated rings. The van der Waals surface area contributed by atoms with E-state index in [1.807, 2.05) is 12.1 Å². The minimum Gasteiger partial charge on any atom is -0.497 e. The van der Waals surface area contributed by atoms with Crippen LogP contribution in [0.2, 0.25) is 0 Å². The molecule has 1 heterocycles. The predicted octanol–water partition coefficient (Wildman–Crippen LogP) is 2.32. The van der Waals surface area contributed by atoms with Crippen LogP contribution in [0.4, 0.5) is 0 Å². The average Bonchev–Trinajstić information content (AvgIpc) is 2.93. The molecule has 1 atom stereocenters. The maximum Gasteiger partial charge on any atom is 0.213 e. The molecule has 1 unspecified atom stereocenters. The highest BCUT2D eigenvalue weighted by Crippen LogP contribution is 2.20. The lowest BCUT2D eigenvalue weighted by atomic mass is 10.0. The van der Waals surface area contributed by atoms with Gasteiger partial charge in [-0.15, -0.1) is 0 Å². The van der Waals surface area contributed by atoms with Crippen molar-refractivity contribution >= 4 is 0 Å². The summed E-state index contributed by atoms with van der Waals surface area (Å²) < 4.78 is 9.85. The summed E-state index contributed by atoms with van der Waals surface area (Å²) in [4.78, 5) is 3.98. The minimum absolute atomic E-state index is 0.273. The SMILES string of the molecule is CCC(NCc1ncon1)c1ccc(OC)cc1. The van der Waals surface area contributed by atoms with Gasteiger partial charge in [-0.05, 0) is 24.1 Å². The lowest BCUT2D eigenvalue weighted by Crippen LogP contribution is -2.20. The van der Waals surface area contributed by atoms with Crippen molar-refractivity contribution in [2.24, 2.45) is 0 Å². The van der Waals surface area contributed by atoms with Crippen molar-refractivity contribution in [2.45, 2.75) is 25.9 Å². The van der Waals surface area contributed by atoms with E-state index in [-0.39, 0.29) is 6.04 Å². The normalized spacial score (nSPS) is 12.3. The number of ether oxygens (including phenoxy) is 1. The fraction of sp³-hybridized carbons (Fsp3) is 0.385. The summed E-state index contributed by atoms with van der Waals surface area (Å²) in [7, 11) is 1.67. The zero-order valence-corrected chi connectivity index (χ0v) is 10.6. The van der Waals surface area contributed by atoms with Crippen molar-refractivity contribution in [3.63, 3.8) is 0 Å². The lowest BCUT2D eigenvalue weighted by Gasteiger charge is -2.16. The molecular formula is C13H17N3O2. The molecule has 0 aliphatic carbocycles. The lowest BCUT2D eigenvalue weighted by molar-refractivity contribution is 0.402. The molecule has 5 heteroatoms. The molecule has 2 aromatic rings. The molecule has 0 spiro atoms. The first kappa shape index (κ1) is 12.6. The third-order valence-electron chi connectivity index (χ3n) is 2.84. The molecule has 2 rings (SSSR count). The minimum atomic E-state index is 0.273. The standard InChI is InChI=1S/C13H17N3O2/c1-3-12(14-8-13-15-9-18-16-13)10-4-6-11(17-2)7-5-10/h4-7,9,12,14H,3,8H2,1-2H3. The van der Waals surface area contributed by atoms with Crippen LogP contribution in [0.1, 0.15) is 30.8 Å². The van der Waals surface area contributed by atoms with Crippen LogP contribution >= 0.6 is 0 Å². The Hall–Kier alpha value is -1.88. The van der Waals surface area contributed by atoms with Crippen molar-refractivity contribution in [1.82, 2.24) is 15.5 Å². The maximum atomic E-state index is 5.15. The average molecular weight is 247 g/mol. The zero-order valence-electron chi connectivity index (χ0n) is 10.6. The first-order valence-electron chi connectivity index (χ1n) is 5.96. The second-order valence-corrected chi connectivity index (χ2v) is 3.96. The van der Waals surface area contributed by atoms with Gasteiger partial charge in [0.1, 0.15) is 5.75 Å². The smallest absolute Gasteiger partial charge is 0.213 e. The van der Waals surface area contributed by atoms with E-state index in [1.54, 1.807) is 7.11 Å². The Balaban J connectivity index is 1.98. The van der Waals surface area contributed by atoms with E-state index in [9.17, 15) is 0 Å². The molecule has 0 bridgehead atoms. The Morgan fingerprint density at radius 1 is 1.33 bits per heavy atom. The van der Waals surface area contributed by atoms with E-state index in [0.29, 0.717) is 12.4 Å². The van der Waals surface area contributed by atoms with E-state index in [4.69, 9.17) is 9.26 Å². The largest absolute Gasteiger partial charge is 0.497 e. The monoisotopic (exact) mass is 247 g/mol. The molecule has 1 aromatic heterocycles. The molecule has 1 aromatic carbocycles. The third-order valence-corrected chi connectivity index (χ3v) is 2.84. The highest BCUT2D eigenvalue weighted by atomic mass is 16.5. The number of hydrogen-bond acceptors (Lipinski definition) is 5. The fourth-order valence-corrected chi connectivity index (χ4v) is 1.82. The van der Waals surface area contributed by atoms with Crippen LogP contribution in [0, 0.1) is 0 Å². The number of benzene rings is 1. The van der Waals surface area contributed by atoms with Crippen molar-refractivity contribution in [3.8, 4) is 5.75 Å². The van der Waals surface area contributed by atoms with Crippen LogP contribution < -0.4 is 10.1 Å². The summed E-state index contributed by atoms with van der Waals surface area (Å²) >= 11 is 0. The van der Waals surface area contributed by atoms with Gasteiger partial charge in [0.05, 0.1) is 13.7 Å². The zero-order chi connectivity index (χ0) is 12.8. The van der Waals surface area contributed by atoms with Gasteiger partial charge >= 0.3 is 0 Å². The van der Waals surface area contributed by atoms with E-state index in [2.05, 4.69) is 34.5 Å². The van der Waals surface area contributed by atoms with Gasteiger partial charge in [0.15, 0.2) is 5.82 Å². The molecule has 5 nitrogen and oxygen atoms in total. The number of aromatic nitrogens is 2. The first-order chi connectivity index (χ1) is 8.83. The van der Waals surface area contributed by atoms with Crippen LogP contribution in [0.3, 0.4) is 0 Å². The molecule has 18 heavy (non-hydrogen) atoms. The summed E-state index contributed by atoms with van der Waals surface area (Å²) in [6.07, 6.45) is 2.33. The summed E-state index contributed by atoms with van der Waals surface area (Å²) in [6, 6.07) is 8.34. The second kappa shape index (κ2) is 6.16. The predicted molar refractivity (Wildman–Crippen MR) is 67.2 cm³/mol. The van der Waals surface area contributed by atoms with E-state index in [1.165, 1.54) is 12.0 Å². The van der Waals surface area contributed by atoms with Crippen LogP contribution in [-0.4, -0.2) is 17.3 Å². The number of nitrogens with one attached hydrogen (secondary N) is 1. The summed E-state index contributed by atoms with van der Waals surface area (Å²) in [6.45, 7) is 2.74. The van der Waals surface area contributed by atoms with Gasteiger partial charge in [-0.3, -0.25) is 0 Å². The molecule has 0 radical (unpaired) electrons. The summed E-state index contributed by atoms with van der Waals surface area (Å²) in [5.74, 6) is 1.54. The van der Waals surface area contributed by atoms with E-state index >= 15 is 0 Å². The fourth-order valence-electron chi connectivity index (χ4n) is 1.82. The van der Waals surface area contributed by atoms with Gasteiger partial charge in [-0.1, -0.05) is 24.2 Å². The molecule has 0 amide bonds. The topological polar surface area (TPSA) is 60.2 Å². The Morgan fingerprint density at radius 2 is 2.11 bits per heavy atom. The van der Waals surface area contributed by atoms with Crippen LogP contribution in [0.25, 0.3) is 0 Å². The first-order valence-corrected chi connectivity index (χ1v) is 5.96. The van der Waals surface area contributed by atoms with Crippen molar-refractivity contribution < 1.29 is 9.26 Å². The van der Waals surface area contributed by atoms with Crippen molar-refractivity contribution in [3.05, 3.63) is 42.0 Å². The van der Waals surface area contributed by atoms with Crippen LogP contribution in [-0.2, 0) is 6.54 Å². The van der Waals surface area contributed by atoms with Gasteiger partial charge in [-0.2, -0.15) is 4.98 Å². The van der Waals surface area contributed by atoms with Gasteiger partial charge in [0.2, 0.25) is 6.39 Å². The van der Waals surface area contributed by atoms with Crippen LogP contribution in [0.5, 0.6) is 5.75 Å². The van der Waals surface area contributed by atoms with Crippen molar-refractivity contribution in [1.29, 1.82) is 0 Å². The maximum absolute atomic E-state index is 5.15. The van der Waals surface area contributed by atoms with Crippen molar-refractivity contribution in [2.75, 3.05) is 7.11 Å². The van der Waals surface area contributed by atoms with Gasteiger partial charge < -0.3 is 14.6 Å². The number of hydrogen-bond donors (Lipinski definition) is 1. The molecule has 0 saturated heterocycles. The van der Waals surface area contributed by atoms with Crippen LogP contribution in [0.15, 0.2) is 35.2 Å². The third kappa shape index (κ3) is 3.07. The Morgan fingerprint density at radius 3 is 2.67 bits per heavy atom. The molecule has 0 aliphatic heterocycles. The summed E-state index contributed by atoms with van der Waals surface area (Å²) in [5, 5.41) is 7.17. The number of methoxy groups -OCH3 is 1. The number of rotatable bonds is 6. The van der Waals surface area contributed by atoms with E-state index in [0.717, 1.165) is 12.2 Å². The highest BCUT2D eigenvalue weighted by molar-refractivity contribution is 5.29. The van der Waals surface area contributed by atoms with Gasteiger partial charge in [-0.25, -0.2) is 0 Å². The Kier molecular flexibility index (Phi) is 4.30. The Bertz CT molecular complexity index is 454. The van der Waals surface area contributed by atoms with E-state index < -0.39 is 0 Å².